The number of hydrogen-bond acceptors (Lipinski definition) is 3. The average molecular weight is 161 g/mol. The Labute approximate surface area is 68.9 Å². The third kappa shape index (κ3) is 6.28. The number of hydroxylamine groups is 2. The number of aliphatic hydroxyl groups is 1. The molecular weight excluding hydrogens is 142 g/mol. The molecule has 68 valence electrons. The molecule has 0 amide bonds. The highest BCUT2D eigenvalue weighted by Gasteiger charge is 2.00. The highest BCUT2D eigenvalue weighted by atomic mass is 16.7. The lowest BCUT2D eigenvalue weighted by Crippen LogP contribution is -2.27. The van der Waals surface area contributed by atoms with E-state index >= 15 is 0 Å². The molecule has 11 heavy (non-hydrogen) atoms. The van der Waals surface area contributed by atoms with Gasteiger partial charge < -0.3 is 5.11 Å². The Morgan fingerprint density at radius 2 is 1.73 bits per heavy atom. The minimum absolute atomic E-state index is 0.101. The van der Waals surface area contributed by atoms with Crippen molar-refractivity contribution in [3.05, 3.63) is 0 Å². The van der Waals surface area contributed by atoms with E-state index in [0.29, 0.717) is 6.61 Å². The Hall–Kier alpha value is -0.120. The summed E-state index contributed by atoms with van der Waals surface area (Å²) in [5, 5.41) is 10.4. The standard InChI is InChI=1S/C8H19NO2/c1-3-5-9(6-4-2)11-8-7-10/h10H,3-8H2,1-2H3. The monoisotopic (exact) mass is 161 g/mol. The molecule has 0 fully saturated rings. The molecule has 3 heteroatoms. The third-order valence-electron chi connectivity index (χ3n) is 1.31. The summed E-state index contributed by atoms with van der Waals surface area (Å²) >= 11 is 0. The highest BCUT2D eigenvalue weighted by molar-refractivity contribution is 4.42. The van der Waals surface area contributed by atoms with Gasteiger partial charge in [0.2, 0.25) is 0 Å². The lowest BCUT2D eigenvalue weighted by atomic mass is 10.4. The highest BCUT2D eigenvalue weighted by Crippen LogP contribution is 1.94. The molecule has 0 spiro atoms. The van der Waals surface area contributed by atoms with Crippen LogP contribution >= 0.6 is 0 Å². The summed E-state index contributed by atoms with van der Waals surface area (Å²) in [6.45, 7) is 6.65. The van der Waals surface area contributed by atoms with E-state index in [9.17, 15) is 0 Å². The molecule has 0 aromatic carbocycles. The minimum atomic E-state index is 0.101. The van der Waals surface area contributed by atoms with Crippen molar-refractivity contribution in [1.29, 1.82) is 0 Å². The summed E-state index contributed by atoms with van der Waals surface area (Å²) in [7, 11) is 0. The van der Waals surface area contributed by atoms with Gasteiger partial charge in [-0.3, -0.25) is 4.84 Å². The second-order valence-corrected chi connectivity index (χ2v) is 2.49. The van der Waals surface area contributed by atoms with Gasteiger partial charge in [0.1, 0.15) is 0 Å². The van der Waals surface area contributed by atoms with Crippen molar-refractivity contribution in [2.24, 2.45) is 0 Å². The van der Waals surface area contributed by atoms with Crippen LogP contribution in [0.1, 0.15) is 26.7 Å². The predicted octanol–water partition coefficient (Wildman–Crippen LogP) is 1.03. The first-order valence-corrected chi connectivity index (χ1v) is 4.33. The van der Waals surface area contributed by atoms with Gasteiger partial charge in [-0.15, -0.1) is 0 Å². The lowest BCUT2D eigenvalue weighted by molar-refractivity contribution is -0.165. The third-order valence-corrected chi connectivity index (χ3v) is 1.31. The van der Waals surface area contributed by atoms with Crippen LogP contribution in [0.15, 0.2) is 0 Å². The van der Waals surface area contributed by atoms with E-state index in [1.807, 2.05) is 5.06 Å². The SMILES string of the molecule is CCCN(CCC)OCCO. The summed E-state index contributed by atoms with van der Waals surface area (Å²) in [6.07, 6.45) is 2.18. The van der Waals surface area contributed by atoms with E-state index in [-0.39, 0.29) is 6.61 Å². The Morgan fingerprint density at radius 1 is 1.18 bits per heavy atom. The van der Waals surface area contributed by atoms with Gasteiger partial charge in [-0.1, -0.05) is 13.8 Å². The Balaban J connectivity index is 3.34. The molecule has 0 aliphatic heterocycles. The number of hydrogen-bond donors (Lipinski definition) is 1. The van der Waals surface area contributed by atoms with Crippen molar-refractivity contribution >= 4 is 0 Å². The van der Waals surface area contributed by atoms with E-state index < -0.39 is 0 Å². The summed E-state index contributed by atoms with van der Waals surface area (Å²) in [4.78, 5) is 5.26. The van der Waals surface area contributed by atoms with Gasteiger partial charge >= 0.3 is 0 Å². The molecule has 1 N–H and O–H groups in total. The van der Waals surface area contributed by atoms with Crippen LogP contribution in [0, 0.1) is 0 Å². The van der Waals surface area contributed by atoms with Crippen LogP contribution in [0.3, 0.4) is 0 Å². The number of aliphatic hydroxyl groups excluding tert-OH is 1. The van der Waals surface area contributed by atoms with Crippen LogP contribution in [0.25, 0.3) is 0 Å². The molecule has 0 aromatic heterocycles. The topological polar surface area (TPSA) is 32.7 Å². The van der Waals surface area contributed by atoms with Crippen LogP contribution in [0.5, 0.6) is 0 Å². The molecule has 0 bridgehead atoms. The van der Waals surface area contributed by atoms with Crippen LogP contribution in [-0.2, 0) is 4.84 Å². The van der Waals surface area contributed by atoms with Gasteiger partial charge in [0.05, 0.1) is 13.2 Å². The molecule has 0 heterocycles. The van der Waals surface area contributed by atoms with E-state index in [2.05, 4.69) is 13.8 Å². The van der Waals surface area contributed by atoms with Crippen LogP contribution < -0.4 is 0 Å². The molecule has 0 saturated heterocycles. The zero-order valence-corrected chi connectivity index (χ0v) is 7.55. The Bertz CT molecular complexity index is 72.5. The molecule has 0 radical (unpaired) electrons. The van der Waals surface area contributed by atoms with Gasteiger partial charge in [-0.25, -0.2) is 0 Å². The van der Waals surface area contributed by atoms with E-state index in [1.165, 1.54) is 0 Å². The largest absolute Gasteiger partial charge is 0.394 e. The van der Waals surface area contributed by atoms with Gasteiger partial charge in [0.25, 0.3) is 0 Å². The summed E-state index contributed by atoms with van der Waals surface area (Å²) in [5.41, 5.74) is 0. The summed E-state index contributed by atoms with van der Waals surface area (Å²) in [5.74, 6) is 0. The van der Waals surface area contributed by atoms with E-state index in [0.717, 1.165) is 25.9 Å². The summed E-state index contributed by atoms with van der Waals surface area (Å²) < 4.78 is 0. The normalized spacial score (nSPS) is 10.9. The first kappa shape index (κ1) is 10.9. The van der Waals surface area contributed by atoms with E-state index in [4.69, 9.17) is 9.94 Å². The fourth-order valence-electron chi connectivity index (χ4n) is 0.910. The first-order valence-electron chi connectivity index (χ1n) is 4.33. The molecule has 0 saturated carbocycles. The predicted molar refractivity (Wildman–Crippen MR) is 45.2 cm³/mol. The second kappa shape index (κ2) is 7.98. The molecule has 3 nitrogen and oxygen atoms in total. The van der Waals surface area contributed by atoms with Crippen molar-refractivity contribution in [3.8, 4) is 0 Å². The number of rotatable bonds is 7. The second-order valence-electron chi connectivity index (χ2n) is 2.49. The molecular formula is C8H19NO2. The summed E-state index contributed by atoms with van der Waals surface area (Å²) in [6, 6.07) is 0. The van der Waals surface area contributed by atoms with Crippen molar-refractivity contribution in [2.75, 3.05) is 26.3 Å². The van der Waals surface area contributed by atoms with Crippen molar-refractivity contribution in [3.63, 3.8) is 0 Å². The van der Waals surface area contributed by atoms with Crippen molar-refractivity contribution < 1.29 is 9.94 Å². The first-order chi connectivity index (χ1) is 5.35. The fourth-order valence-corrected chi connectivity index (χ4v) is 0.910. The maximum absolute atomic E-state index is 8.50. The molecule has 0 aromatic rings. The fraction of sp³-hybridized carbons (Fsp3) is 1.00. The van der Waals surface area contributed by atoms with Gasteiger partial charge in [-0.05, 0) is 12.8 Å². The molecule has 0 aliphatic rings. The average Bonchev–Trinajstić information content (AvgIpc) is 2.01. The minimum Gasteiger partial charge on any atom is -0.394 e. The molecule has 0 unspecified atom stereocenters. The van der Waals surface area contributed by atoms with Gasteiger partial charge in [0, 0.05) is 13.1 Å². The van der Waals surface area contributed by atoms with Crippen LogP contribution in [0.4, 0.5) is 0 Å². The quantitative estimate of drug-likeness (QED) is 0.566. The maximum Gasteiger partial charge on any atom is 0.0916 e. The molecule has 0 aliphatic carbocycles. The number of nitrogens with zero attached hydrogens (tertiary/aromatic N) is 1. The zero-order valence-electron chi connectivity index (χ0n) is 7.55. The lowest BCUT2D eigenvalue weighted by Gasteiger charge is -2.19. The smallest absolute Gasteiger partial charge is 0.0916 e. The van der Waals surface area contributed by atoms with Crippen molar-refractivity contribution in [1.82, 2.24) is 5.06 Å². The molecule has 0 atom stereocenters. The molecule has 0 rings (SSSR count). The van der Waals surface area contributed by atoms with Crippen LogP contribution in [0.2, 0.25) is 0 Å². The van der Waals surface area contributed by atoms with E-state index in [1.54, 1.807) is 0 Å². The van der Waals surface area contributed by atoms with Crippen molar-refractivity contribution in [2.45, 2.75) is 26.7 Å². The van der Waals surface area contributed by atoms with Gasteiger partial charge in [-0.2, -0.15) is 5.06 Å². The zero-order chi connectivity index (χ0) is 8.53. The maximum atomic E-state index is 8.50. The van der Waals surface area contributed by atoms with Gasteiger partial charge in [0.15, 0.2) is 0 Å². The Morgan fingerprint density at radius 3 is 2.09 bits per heavy atom. The Kier molecular flexibility index (Phi) is 7.89. The van der Waals surface area contributed by atoms with Crippen LogP contribution in [-0.4, -0.2) is 36.5 Å².